The highest BCUT2D eigenvalue weighted by Gasteiger charge is 2.28. The van der Waals surface area contributed by atoms with Crippen LogP contribution in [0.4, 0.5) is 0 Å². The zero-order chi connectivity index (χ0) is 11.5. The third-order valence-electron chi connectivity index (χ3n) is 1.83. The van der Waals surface area contributed by atoms with Gasteiger partial charge in [-0.1, -0.05) is 30.3 Å². The second-order valence-corrected chi connectivity index (χ2v) is 3.17. The molecule has 0 saturated carbocycles. The van der Waals surface area contributed by atoms with Gasteiger partial charge in [0.05, 0.1) is 0 Å². The van der Waals surface area contributed by atoms with Gasteiger partial charge in [-0.15, -0.1) is 0 Å². The Balaban J connectivity index is 2.85. The monoisotopic (exact) mass is 209 g/mol. The van der Waals surface area contributed by atoms with Crippen molar-refractivity contribution < 1.29 is 19.4 Å². The Morgan fingerprint density at radius 3 is 2.33 bits per heavy atom. The number of carboxylic acids is 1. The van der Waals surface area contributed by atoms with Gasteiger partial charge in [0.25, 0.3) is 0 Å². The zero-order valence-corrected chi connectivity index (χ0v) is 8.14. The Morgan fingerprint density at radius 2 is 1.87 bits per heavy atom. The molecule has 3 N–H and O–H groups in total. The molecular formula is C10H11NO4. The van der Waals surface area contributed by atoms with Crippen molar-refractivity contribution >= 4 is 11.9 Å². The fraction of sp³-hybridized carbons (Fsp3) is 0.200. The lowest BCUT2D eigenvalue weighted by atomic mass is 10.1. The minimum atomic E-state index is -1.66. The van der Waals surface area contributed by atoms with Crippen molar-refractivity contribution in [2.24, 2.45) is 5.73 Å². The summed E-state index contributed by atoms with van der Waals surface area (Å²) in [5.74, 6) is -3.04. The second kappa shape index (κ2) is 4.10. The molecule has 0 amide bonds. The SMILES string of the molecule is CC(N)(OC(=O)C(=O)O)c1ccccc1. The number of ether oxygens (including phenoxy) is 1. The smallest absolute Gasteiger partial charge is 0.419 e. The van der Waals surface area contributed by atoms with Crippen LogP contribution >= 0.6 is 0 Å². The number of rotatable bonds is 2. The molecule has 1 unspecified atom stereocenters. The van der Waals surface area contributed by atoms with Crippen LogP contribution in [0.25, 0.3) is 0 Å². The predicted molar refractivity (Wildman–Crippen MR) is 51.7 cm³/mol. The van der Waals surface area contributed by atoms with Gasteiger partial charge in [0, 0.05) is 5.56 Å². The standard InChI is InChI=1S/C10H11NO4/c1-10(11,15-9(14)8(12)13)7-5-3-2-4-6-7/h2-6H,11H2,1H3,(H,12,13). The van der Waals surface area contributed by atoms with Crippen LogP contribution in [0, 0.1) is 0 Å². The van der Waals surface area contributed by atoms with Crippen molar-refractivity contribution in [1.29, 1.82) is 0 Å². The summed E-state index contributed by atoms with van der Waals surface area (Å²) in [4.78, 5) is 21.1. The van der Waals surface area contributed by atoms with Crippen molar-refractivity contribution in [1.82, 2.24) is 0 Å². The van der Waals surface area contributed by atoms with Gasteiger partial charge in [0.1, 0.15) is 0 Å². The van der Waals surface area contributed by atoms with Crippen LogP contribution in [0.2, 0.25) is 0 Å². The maximum atomic E-state index is 10.8. The highest BCUT2D eigenvalue weighted by molar-refractivity contribution is 6.28. The lowest BCUT2D eigenvalue weighted by Gasteiger charge is -2.24. The molecule has 1 rings (SSSR count). The van der Waals surface area contributed by atoms with Crippen molar-refractivity contribution in [3.63, 3.8) is 0 Å². The molecule has 0 aromatic heterocycles. The normalized spacial score (nSPS) is 14.0. The summed E-state index contributed by atoms with van der Waals surface area (Å²) >= 11 is 0. The number of nitrogens with two attached hydrogens (primary N) is 1. The number of hydrogen-bond donors (Lipinski definition) is 2. The van der Waals surface area contributed by atoms with Crippen LogP contribution < -0.4 is 5.73 Å². The van der Waals surface area contributed by atoms with Crippen LogP contribution in [-0.4, -0.2) is 17.0 Å². The lowest BCUT2D eigenvalue weighted by molar-refractivity contribution is -0.174. The van der Waals surface area contributed by atoms with E-state index in [1.807, 2.05) is 0 Å². The lowest BCUT2D eigenvalue weighted by Crippen LogP contribution is -2.40. The number of hydrogen-bond acceptors (Lipinski definition) is 4. The predicted octanol–water partition coefficient (Wildman–Crippen LogP) is 0.446. The topological polar surface area (TPSA) is 89.6 Å². The average molecular weight is 209 g/mol. The van der Waals surface area contributed by atoms with Gasteiger partial charge in [0.2, 0.25) is 0 Å². The van der Waals surface area contributed by atoms with E-state index in [2.05, 4.69) is 4.74 Å². The molecule has 0 aliphatic heterocycles. The highest BCUT2D eigenvalue weighted by Crippen LogP contribution is 2.18. The molecule has 0 aliphatic carbocycles. The van der Waals surface area contributed by atoms with E-state index in [9.17, 15) is 9.59 Å². The highest BCUT2D eigenvalue weighted by atomic mass is 16.6. The molecule has 0 heterocycles. The Hall–Kier alpha value is -1.88. The van der Waals surface area contributed by atoms with E-state index >= 15 is 0 Å². The maximum absolute atomic E-state index is 10.8. The number of carbonyl (C=O) groups excluding carboxylic acids is 1. The summed E-state index contributed by atoms with van der Waals surface area (Å²) in [6.45, 7) is 1.42. The fourth-order valence-corrected chi connectivity index (χ4v) is 1.06. The molecular weight excluding hydrogens is 198 g/mol. The van der Waals surface area contributed by atoms with E-state index in [4.69, 9.17) is 10.8 Å². The molecule has 15 heavy (non-hydrogen) atoms. The molecule has 0 fully saturated rings. The average Bonchev–Trinajstić information content (AvgIpc) is 2.18. The van der Waals surface area contributed by atoms with Crippen LogP contribution in [0.5, 0.6) is 0 Å². The van der Waals surface area contributed by atoms with E-state index in [1.54, 1.807) is 30.3 Å². The Bertz CT molecular complexity index is 372. The molecule has 1 atom stereocenters. The van der Waals surface area contributed by atoms with E-state index in [1.165, 1.54) is 6.92 Å². The van der Waals surface area contributed by atoms with Gasteiger partial charge < -0.3 is 9.84 Å². The molecule has 0 saturated heterocycles. The number of aliphatic carboxylic acids is 1. The minimum Gasteiger partial charge on any atom is -0.473 e. The Morgan fingerprint density at radius 1 is 1.33 bits per heavy atom. The number of carbonyl (C=O) groups is 2. The molecule has 0 spiro atoms. The quantitative estimate of drug-likeness (QED) is 0.419. The minimum absolute atomic E-state index is 0.527. The first kappa shape index (κ1) is 11.2. The second-order valence-electron chi connectivity index (χ2n) is 3.17. The van der Waals surface area contributed by atoms with Gasteiger partial charge >= 0.3 is 11.9 Å². The van der Waals surface area contributed by atoms with Crippen molar-refractivity contribution in [2.45, 2.75) is 12.6 Å². The number of esters is 1. The van der Waals surface area contributed by atoms with Crippen LogP contribution in [0.3, 0.4) is 0 Å². The maximum Gasteiger partial charge on any atom is 0.419 e. The summed E-state index contributed by atoms with van der Waals surface area (Å²) < 4.78 is 4.62. The van der Waals surface area contributed by atoms with Crippen molar-refractivity contribution in [2.75, 3.05) is 0 Å². The number of carboxylic acid groups (broad SMARTS) is 1. The van der Waals surface area contributed by atoms with Crippen LogP contribution in [-0.2, 0) is 20.1 Å². The number of benzene rings is 1. The van der Waals surface area contributed by atoms with Gasteiger partial charge in [-0.3, -0.25) is 5.73 Å². The summed E-state index contributed by atoms with van der Waals surface area (Å²) in [5.41, 5.74) is 4.76. The van der Waals surface area contributed by atoms with Crippen LogP contribution in [0.15, 0.2) is 30.3 Å². The van der Waals surface area contributed by atoms with E-state index in [0.717, 1.165) is 0 Å². The largest absolute Gasteiger partial charge is 0.473 e. The molecule has 1 aromatic rings. The molecule has 1 aromatic carbocycles. The third kappa shape index (κ3) is 2.78. The van der Waals surface area contributed by atoms with Gasteiger partial charge in [-0.05, 0) is 6.92 Å². The van der Waals surface area contributed by atoms with Gasteiger partial charge in [-0.25, -0.2) is 9.59 Å². The Kier molecular flexibility index (Phi) is 3.06. The van der Waals surface area contributed by atoms with Crippen molar-refractivity contribution in [3.8, 4) is 0 Å². The summed E-state index contributed by atoms with van der Waals surface area (Å²) in [6.07, 6.45) is 0. The van der Waals surface area contributed by atoms with Gasteiger partial charge in [-0.2, -0.15) is 0 Å². The molecule has 5 heteroatoms. The van der Waals surface area contributed by atoms with Crippen molar-refractivity contribution in [3.05, 3.63) is 35.9 Å². The van der Waals surface area contributed by atoms with E-state index in [-0.39, 0.29) is 0 Å². The van der Waals surface area contributed by atoms with E-state index in [0.29, 0.717) is 5.56 Å². The zero-order valence-electron chi connectivity index (χ0n) is 8.14. The third-order valence-corrected chi connectivity index (χ3v) is 1.83. The van der Waals surface area contributed by atoms with E-state index < -0.39 is 17.7 Å². The molecule has 0 bridgehead atoms. The van der Waals surface area contributed by atoms with Crippen LogP contribution in [0.1, 0.15) is 12.5 Å². The fourth-order valence-electron chi connectivity index (χ4n) is 1.06. The molecule has 0 aliphatic rings. The molecule has 5 nitrogen and oxygen atoms in total. The molecule has 80 valence electrons. The first-order valence-electron chi connectivity index (χ1n) is 4.24. The van der Waals surface area contributed by atoms with Gasteiger partial charge in [0.15, 0.2) is 5.72 Å². The first-order chi connectivity index (χ1) is 6.93. The summed E-state index contributed by atoms with van der Waals surface area (Å²) in [5, 5.41) is 8.36. The summed E-state index contributed by atoms with van der Waals surface area (Å²) in [6, 6.07) is 8.51. The first-order valence-corrected chi connectivity index (χ1v) is 4.24. The summed E-state index contributed by atoms with van der Waals surface area (Å²) in [7, 11) is 0. The molecule has 0 radical (unpaired) electrons. The Labute approximate surface area is 86.5 Å².